The van der Waals surface area contributed by atoms with Gasteiger partial charge in [0.25, 0.3) is 0 Å². The fraction of sp³-hybridized carbons (Fsp3) is 0.286. The average molecular weight is 349 g/mol. The van der Waals surface area contributed by atoms with Crippen LogP contribution in [0.2, 0.25) is 5.02 Å². The Labute approximate surface area is 139 Å². The van der Waals surface area contributed by atoms with E-state index in [0.717, 1.165) is 5.56 Å². The molecule has 0 heterocycles. The Morgan fingerprint density at radius 1 is 1.24 bits per heavy atom. The highest BCUT2D eigenvalue weighted by molar-refractivity contribution is 6.55. The van der Waals surface area contributed by atoms with E-state index in [1.807, 2.05) is 20.8 Å². The van der Waals surface area contributed by atoms with Gasteiger partial charge < -0.3 is 0 Å². The van der Waals surface area contributed by atoms with Crippen molar-refractivity contribution in [2.75, 3.05) is 0 Å². The van der Waals surface area contributed by atoms with Crippen LogP contribution in [0.25, 0.3) is 0 Å². The summed E-state index contributed by atoms with van der Waals surface area (Å²) in [5.41, 5.74) is 2.74. The number of urea groups is 1. The van der Waals surface area contributed by atoms with Crippen molar-refractivity contribution in [1.29, 1.82) is 0 Å². The third kappa shape index (κ3) is 6.38. The molecule has 0 aliphatic rings. The molecule has 1 aromatic carbocycles. The number of carbonyl (C=O) groups excluding carboxylic acids is 1. The van der Waals surface area contributed by atoms with Crippen LogP contribution in [0.3, 0.4) is 0 Å². The minimum absolute atomic E-state index is 0.0123. The zero-order valence-corrected chi connectivity index (χ0v) is 14.2. The normalized spacial score (nSPS) is 11.3. The lowest BCUT2D eigenvalue weighted by Crippen LogP contribution is -2.45. The monoisotopic (exact) mass is 347 g/mol. The van der Waals surface area contributed by atoms with Crippen LogP contribution in [-0.2, 0) is 0 Å². The van der Waals surface area contributed by atoms with E-state index in [1.165, 1.54) is 17.3 Å². The van der Waals surface area contributed by atoms with E-state index in [-0.39, 0.29) is 4.49 Å². The predicted molar refractivity (Wildman–Crippen MR) is 89.0 cm³/mol. The van der Waals surface area contributed by atoms with Crippen molar-refractivity contribution in [1.82, 2.24) is 10.3 Å². The molecule has 0 unspecified atom stereocenters. The summed E-state index contributed by atoms with van der Waals surface area (Å²) in [5.74, 6) is 0. The lowest BCUT2D eigenvalue weighted by Gasteiger charge is -2.31. The number of carbonyl (C=O) groups is 1. The van der Waals surface area contributed by atoms with Gasteiger partial charge in [0.15, 0.2) is 0 Å². The molecule has 0 aliphatic heterocycles. The van der Waals surface area contributed by atoms with Crippen LogP contribution in [0.1, 0.15) is 26.3 Å². The lowest BCUT2D eigenvalue weighted by atomic mass is 10.1. The third-order valence-corrected chi connectivity index (χ3v) is 2.86. The Morgan fingerprint density at radius 3 is 2.29 bits per heavy atom. The number of nitrogens with zero attached hydrogens (tertiary/aromatic N) is 2. The highest BCUT2D eigenvalue weighted by Crippen LogP contribution is 2.18. The van der Waals surface area contributed by atoms with E-state index in [1.54, 1.807) is 24.3 Å². The molecule has 7 heteroatoms. The first-order valence-corrected chi connectivity index (χ1v) is 7.24. The van der Waals surface area contributed by atoms with Crippen LogP contribution in [0.5, 0.6) is 0 Å². The number of halogens is 3. The maximum absolute atomic E-state index is 12.1. The van der Waals surface area contributed by atoms with E-state index < -0.39 is 11.6 Å². The van der Waals surface area contributed by atoms with Crippen molar-refractivity contribution >= 4 is 47.0 Å². The number of hydrazone groups is 1. The number of rotatable bonds is 3. The predicted octanol–water partition coefficient (Wildman–Crippen LogP) is 4.76. The zero-order valence-electron chi connectivity index (χ0n) is 11.9. The molecule has 2 amide bonds. The molecule has 0 saturated carbocycles. The van der Waals surface area contributed by atoms with Crippen molar-refractivity contribution in [3.8, 4) is 0 Å². The summed E-state index contributed by atoms with van der Waals surface area (Å²) in [6, 6.07) is 6.61. The lowest BCUT2D eigenvalue weighted by molar-refractivity contribution is 0.179. The van der Waals surface area contributed by atoms with Crippen LogP contribution < -0.4 is 5.43 Å². The minimum atomic E-state index is -0.491. The van der Waals surface area contributed by atoms with Crippen LogP contribution >= 0.6 is 34.8 Å². The Morgan fingerprint density at radius 2 is 1.81 bits per heavy atom. The minimum Gasteiger partial charge on any atom is -0.292 e. The van der Waals surface area contributed by atoms with Crippen molar-refractivity contribution < 1.29 is 4.79 Å². The van der Waals surface area contributed by atoms with Gasteiger partial charge in [0.05, 0.1) is 6.21 Å². The Bertz CT molecular complexity index is 544. The summed E-state index contributed by atoms with van der Waals surface area (Å²) in [5, 5.41) is 4.52. The van der Waals surface area contributed by atoms with Gasteiger partial charge in [-0.25, -0.2) is 10.2 Å². The molecule has 114 valence electrons. The largest absolute Gasteiger partial charge is 0.342 e. The van der Waals surface area contributed by atoms with Crippen molar-refractivity contribution in [3.63, 3.8) is 0 Å². The van der Waals surface area contributed by atoms with Gasteiger partial charge in [-0.1, -0.05) is 46.9 Å². The fourth-order valence-electron chi connectivity index (χ4n) is 1.42. The molecule has 0 fully saturated rings. The summed E-state index contributed by atoms with van der Waals surface area (Å²) >= 11 is 17.0. The van der Waals surface area contributed by atoms with Gasteiger partial charge in [-0.3, -0.25) is 4.90 Å². The molecule has 0 saturated heterocycles. The third-order valence-electron chi connectivity index (χ3n) is 2.41. The van der Waals surface area contributed by atoms with E-state index >= 15 is 0 Å². The molecule has 21 heavy (non-hydrogen) atoms. The molecule has 0 aromatic heterocycles. The number of amides is 2. The molecule has 0 aliphatic carbocycles. The van der Waals surface area contributed by atoms with Crippen molar-refractivity contribution in [2.45, 2.75) is 26.3 Å². The van der Waals surface area contributed by atoms with Gasteiger partial charge in [-0.2, -0.15) is 5.10 Å². The summed E-state index contributed by atoms with van der Waals surface area (Å²) < 4.78 is -0.0123. The quantitative estimate of drug-likeness (QED) is 0.621. The topological polar surface area (TPSA) is 44.7 Å². The maximum Gasteiger partial charge on any atom is 0.342 e. The van der Waals surface area contributed by atoms with E-state index in [9.17, 15) is 4.79 Å². The van der Waals surface area contributed by atoms with Crippen LogP contribution in [-0.4, -0.2) is 22.7 Å². The van der Waals surface area contributed by atoms with Crippen LogP contribution in [0.15, 0.2) is 40.1 Å². The van der Waals surface area contributed by atoms with Gasteiger partial charge in [-0.15, -0.1) is 0 Å². The molecule has 0 spiro atoms. The Kier molecular flexibility index (Phi) is 6.52. The fourth-order valence-corrected chi connectivity index (χ4v) is 1.74. The van der Waals surface area contributed by atoms with Crippen molar-refractivity contribution in [2.24, 2.45) is 5.10 Å². The molecule has 1 N–H and O–H groups in total. The van der Waals surface area contributed by atoms with E-state index in [0.29, 0.717) is 5.02 Å². The molecular weight excluding hydrogens is 333 g/mol. The second kappa shape index (κ2) is 7.69. The summed E-state index contributed by atoms with van der Waals surface area (Å²) in [4.78, 5) is 13.5. The van der Waals surface area contributed by atoms with E-state index in [4.69, 9.17) is 34.8 Å². The number of hydrogen-bond acceptors (Lipinski definition) is 2. The molecule has 4 nitrogen and oxygen atoms in total. The summed E-state index contributed by atoms with van der Waals surface area (Å²) in [6.07, 6.45) is 2.86. The molecule has 1 aromatic rings. The second-order valence-corrected chi connectivity index (χ2v) is 6.63. The SMILES string of the molecule is CC(C)(C)N(C=C(Cl)Cl)C(=O)NN=Cc1ccc(Cl)cc1. The molecule has 0 atom stereocenters. The summed E-state index contributed by atoms with van der Waals surface area (Å²) in [7, 11) is 0. The first kappa shape index (κ1) is 17.8. The van der Waals surface area contributed by atoms with Gasteiger partial charge in [0.1, 0.15) is 4.49 Å². The Hall–Kier alpha value is -1.23. The highest BCUT2D eigenvalue weighted by Gasteiger charge is 2.25. The van der Waals surface area contributed by atoms with Gasteiger partial charge in [-0.05, 0) is 38.5 Å². The first-order valence-electron chi connectivity index (χ1n) is 6.11. The molecule has 0 bridgehead atoms. The number of nitrogens with one attached hydrogen (secondary N) is 1. The van der Waals surface area contributed by atoms with Gasteiger partial charge in [0.2, 0.25) is 0 Å². The zero-order chi connectivity index (χ0) is 16.0. The van der Waals surface area contributed by atoms with Gasteiger partial charge >= 0.3 is 6.03 Å². The van der Waals surface area contributed by atoms with Gasteiger partial charge in [0, 0.05) is 16.8 Å². The first-order chi connectivity index (χ1) is 9.70. The highest BCUT2D eigenvalue weighted by atomic mass is 35.5. The molecular formula is C14H16Cl3N3O. The summed E-state index contributed by atoms with van der Waals surface area (Å²) in [6.45, 7) is 5.55. The standard InChI is InChI=1S/C14H16Cl3N3O/c1-14(2,3)20(9-12(16)17)13(21)19-18-8-10-4-6-11(15)7-5-10/h4-9H,1-3H3,(H,19,21). The molecule has 1 rings (SSSR count). The number of hydrogen-bond donors (Lipinski definition) is 1. The van der Waals surface area contributed by atoms with Crippen molar-refractivity contribution in [3.05, 3.63) is 45.5 Å². The smallest absolute Gasteiger partial charge is 0.292 e. The van der Waals surface area contributed by atoms with Crippen LogP contribution in [0, 0.1) is 0 Å². The van der Waals surface area contributed by atoms with E-state index in [2.05, 4.69) is 10.5 Å². The molecule has 0 radical (unpaired) electrons. The number of benzene rings is 1. The maximum atomic E-state index is 12.1. The second-order valence-electron chi connectivity index (χ2n) is 5.19. The Balaban J connectivity index is 2.74. The van der Waals surface area contributed by atoms with Crippen LogP contribution in [0.4, 0.5) is 4.79 Å². The average Bonchev–Trinajstić information content (AvgIpc) is 2.36.